The Balaban J connectivity index is 0.000000490. The zero-order chi connectivity index (χ0) is 5.11. The molecule has 0 spiro atoms. The third-order valence-corrected chi connectivity index (χ3v) is 1.04. The molecule has 3 heteroatoms. The average Bonchev–Trinajstić information content (AvgIpc) is 1.69. The molecule has 1 unspecified atom stereocenters. The van der Waals surface area contributed by atoms with Gasteiger partial charge in [-0.05, 0) is 0 Å². The van der Waals surface area contributed by atoms with Crippen LogP contribution in [0.25, 0.3) is 5.32 Å². The van der Waals surface area contributed by atoms with E-state index < -0.39 is 0 Å². The molecule has 42 valence electrons. The molecule has 1 aliphatic rings. The molecule has 0 aromatic rings. The maximum Gasteiger partial charge on any atom is 1.00 e. The Morgan fingerprint density at radius 1 is 1.62 bits per heavy atom. The Labute approximate surface area is 92.8 Å². The van der Waals surface area contributed by atoms with Crippen LogP contribution < -0.4 is 51.4 Å². The predicted molar refractivity (Wildman–Crippen MR) is 28.5 cm³/mol. The van der Waals surface area contributed by atoms with Crippen LogP contribution in [-0.4, -0.2) is 25.8 Å². The molecular weight excluding hydrogens is 129 g/mol. The Bertz CT molecular complexity index is 54.4. The first kappa shape index (κ1) is 9.56. The van der Waals surface area contributed by atoms with Crippen molar-refractivity contribution in [1.29, 1.82) is 0 Å². The first-order chi connectivity index (χ1) is 3.39. The van der Waals surface area contributed by atoms with Gasteiger partial charge in [-0.3, -0.25) is 0 Å². The van der Waals surface area contributed by atoms with Crippen LogP contribution in [0.2, 0.25) is 0 Å². The monoisotopic (exact) mass is 139 g/mol. The van der Waals surface area contributed by atoms with E-state index in [0.29, 0.717) is 6.04 Å². The maximum absolute atomic E-state index is 5.09. The summed E-state index contributed by atoms with van der Waals surface area (Å²) in [5.41, 5.74) is 0. The van der Waals surface area contributed by atoms with E-state index >= 15 is 0 Å². The second kappa shape index (κ2) is 5.35. The summed E-state index contributed by atoms with van der Waals surface area (Å²) in [6, 6.07) is 0.439. The van der Waals surface area contributed by atoms with Gasteiger partial charge in [-0.25, -0.2) is 0 Å². The van der Waals surface area contributed by atoms with Gasteiger partial charge in [-0.15, -0.1) is 12.6 Å². The van der Waals surface area contributed by atoms with Crippen molar-refractivity contribution < 1.29 is 56.1 Å². The average molecular weight is 139 g/mol. The topological polar surface area (TPSA) is 23.3 Å². The third kappa shape index (κ3) is 3.56. The molecule has 1 atom stereocenters. The molecule has 2 nitrogen and oxygen atoms in total. The van der Waals surface area contributed by atoms with E-state index in [0.717, 1.165) is 19.8 Å². The standard InChI is InChI=1S/C5H10NO.K/c1-5-4-7-3-2-6-5;/h5H,2-4H2,1H3;/q-1;+1. The largest absolute Gasteiger partial charge is 1.00 e. The first-order valence-corrected chi connectivity index (χ1v) is 2.64. The van der Waals surface area contributed by atoms with Crippen LogP contribution in [0.15, 0.2) is 0 Å². The van der Waals surface area contributed by atoms with Crippen molar-refractivity contribution in [2.75, 3.05) is 19.8 Å². The molecule has 1 heterocycles. The molecule has 0 amide bonds. The summed E-state index contributed by atoms with van der Waals surface area (Å²) in [7, 11) is 0. The normalized spacial score (nSPS) is 28.9. The van der Waals surface area contributed by atoms with Crippen LogP contribution in [-0.2, 0) is 4.74 Å². The first-order valence-electron chi connectivity index (χ1n) is 2.64. The summed E-state index contributed by atoms with van der Waals surface area (Å²) in [4.78, 5) is 0. The molecule has 0 N–H and O–H groups in total. The van der Waals surface area contributed by atoms with Crippen molar-refractivity contribution in [2.24, 2.45) is 0 Å². The summed E-state index contributed by atoms with van der Waals surface area (Å²) < 4.78 is 5.09. The van der Waals surface area contributed by atoms with Crippen molar-refractivity contribution in [2.45, 2.75) is 13.0 Å². The summed E-state index contributed by atoms with van der Waals surface area (Å²) in [5.74, 6) is 0. The van der Waals surface area contributed by atoms with Crippen molar-refractivity contribution in [1.82, 2.24) is 0 Å². The zero-order valence-corrected chi connectivity index (χ0v) is 8.68. The maximum atomic E-state index is 5.09. The smallest absolute Gasteiger partial charge is 0.656 e. The van der Waals surface area contributed by atoms with Crippen molar-refractivity contribution in [3.8, 4) is 0 Å². The molecule has 0 radical (unpaired) electrons. The van der Waals surface area contributed by atoms with Crippen LogP contribution in [0.1, 0.15) is 6.92 Å². The minimum Gasteiger partial charge on any atom is -0.656 e. The van der Waals surface area contributed by atoms with Crippen molar-refractivity contribution >= 4 is 0 Å². The molecule has 1 saturated heterocycles. The molecule has 1 fully saturated rings. The van der Waals surface area contributed by atoms with E-state index in [1.165, 1.54) is 0 Å². The molecule has 0 bridgehead atoms. The van der Waals surface area contributed by atoms with Gasteiger partial charge in [0.1, 0.15) is 0 Å². The SMILES string of the molecule is CC1COCC[N-]1.[K+]. The number of hydrogen-bond donors (Lipinski definition) is 0. The third-order valence-electron chi connectivity index (χ3n) is 1.04. The molecular formula is C5H10KNO. The van der Waals surface area contributed by atoms with E-state index in [2.05, 4.69) is 12.2 Å². The summed E-state index contributed by atoms with van der Waals surface area (Å²) in [6.45, 7) is 4.60. The number of ether oxygens (including phenoxy) is 1. The van der Waals surface area contributed by atoms with E-state index in [4.69, 9.17) is 4.74 Å². The number of rotatable bonds is 0. The molecule has 8 heavy (non-hydrogen) atoms. The molecule has 0 aliphatic carbocycles. The molecule has 0 aromatic carbocycles. The van der Waals surface area contributed by atoms with Gasteiger partial charge in [0, 0.05) is 13.2 Å². The Morgan fingerprint density at radius 2 is 2.38 bits per heavy atom. The van der Waals surface area contributed by atoms with Crippen LogP contribution in [0, 0.1) is 0 Å². The fraction of sp³-hybridized carbons (Fsp3) is 1.00. The number of nitrogens with zero attached hydrogens (tertiary/aromatic N) is 1. The van der Waals surface area contributed by atoms with Gasteiger partial charge in [0.25, 0.3) is 0 Å². The van der Waals surface area contributed by atoms with E-state index in [1.54, 1.807) is 0 Å². The fourth-order valence-electron chi connectivity index (χ4n) is 0.644. The second-order valence-corrected chi connectivity index (χ2v) is 1.83. The quantitative estimate of drug-likeness (QED) is 0.349. The Morgan fingerprint density at radius 3 is 2.62 bits per heavy atom. The van der Waals surface area contributed by atoms with Crippen LogP contribution in [0.4, 0.5) is 0 Å². The van der Waals surface area contributed by atoms with Gasteiger partial charge < -0.3 is 10.1 Å². The summed E-state index contributed by atoms with van der Waals surface area (Å²) in [6.07, 6.45) is 0. The molecule has 0 aromatic heterocycles. The Kier molecular flexibility index (Phi) is 6.39. The van der Waals surface area contributed by atoms with Crippen molar-refractivity contribution in [3.05, 3.63) is 5.32 Å². The van der Waals surface area contributed by atoms with Gasteiger partial charge in [0.05, 0.1) is 0 Å². The fourth-order valence-corrected chi connectivity index (χ4v) is 0.644. The summed E-state index contributed by atoms with van der Waals surface area (Å²) >= 11 is 0. The minimum atomic E-state index is 0. The predicted octanol–water partition coefficient (Wildman–Crippen LogP) is -2.22. The zero-order valence-electron chi connectivity index (χ0n) is 5.55. The molecule has 1 aliphatic heterocycles. The van der Waals surface area contributed by atoms with Gasteiger partial charge in [0.2, 0.25) is 0 Å². The second-order valence-electron chi connectivity index (χ2n) is 1.83. The van der Waals surface area contributed by atoms with Crippen LogP contribution >= 0.6 is 0 Å². The summed E-state index contributed by atoms with van der Waals surface area (Å²) in [5, 5.41) is 4.20. The van der Waals surface area contributed by atoms with E-state index in [1.807, 2.05) is 0 Å². The van der Waals surface area contributed by atoms with Gasteiger partial charge in [-0.1, -0.05) is 6.92 Å². The van der Waals surface area contributed by atoms with Gasteiger partial charge >= 0.3 is 51.4 Å². The molecule has 1 rings (SSSR count). The van der Waals surface area contributed by atoms with Crippen LogP contribution in [0.5, 0.6) is 0 Å². The van der Waals surface area contributed by atoms with E-state index in [-0.39, 0.29) is 51.4 Å². The van der Waals surface area contributed by atoms with E-state index in [9.17, 15) is 0 Å². The minimum absolute atomic E-state index is 0. The van der Waals surface area contributed by atoms with Crippen molar-refractivity contribution in [3.63, 3.8) is 0 Å². The number of hydrogen-bond acceptors (Lipinski definition) is 1. The van der Waals surface area contributed by atoms with Gasteiger partial charge in [0.15, 0.2) is 0 Å². The van der Waals surface area contributed by atoms with Gasteiger partial charge in [-0.2, -0.15) is 0 Å². The molecule has 0 saturated carbocycles. The Hall–Kier alpha value is 1.56. The number of morpholine rings is 1. The van der Waals surface area contributed by atoms with Crippen LogP contribution in [0.3, 0.4) is 0 Å².